The minimum absolute atomic E-state index is 0.231. The van der Waals surface area contributed by atoms with Gasteiger partial charge >= 0.3 is 0 Å². The number of aromatic nitrogens is 2. The maximum absolute atomic E-state index is 13.5. The van der Waals surface area contributed by atoms with Crippen molar-refractivity contribution in [3.63, 3.8) is 0 Å². The highest BCUT2D eigenvalue weighted by molar-refractivity contribution is 9.13. The summed E-state index contributed by atoms with van der Waals surface area (Å²) in [6.45, 7) is 7.67. The predicted octanol–water partition coefficient (Wildman–Crippen LogP) is 7.20. The molecule has 0 spiro atoms. The molecule has 0 saturated carbocycles. The van der Waals surface area contributed by atoms with E-state index in [9.17, 15) is 9.59 Å². The van der Waals surface area contributed by atoms with Crippen molar-refractivity contribution >= 4 is 76.5 Å². The molecule has 1 N–H and O–H groups in total. The third-order valence-corrected chi connectivity index (χ3v) is 8.49. The highest BCUT2D eigenvalue weighted by Crippen LogP contribution is 2.42. The maximum Gasteiger partial charge on any atom is 0.282 e. The number of nitrogens with zero attached hydrogens (tertiary/aromatic N) is 3. The second kappa shape index (κ2) is 12.2. The zero-order chi connectivity index (χ0) is 29.2. The number of ether oxygens (including phenoxy) is 2. The zero-order valence-corrected chi connectivity index (χ0v) is 27.3. The number of anilines is 1. The van der Waals surface area contributed by atoms with Crippen LogP contribution in [0.3, 0.4) is 0 Å². The van der Waals surface area contributed by atoms with E-state index in [1.165, 1.54) is 11.8 Å². The van der Waals surface area contributed by atoms with Gasteiger partial charge in [0.2, 0.25) is 0 Å². The SMILES string of the molecule is COc1cc(C=Nn2c(C(C)(C)C)nc3ccc(Br)cc3c2=O)c(Br)c(Br)c1OCC(=O)Nc1ccc(C)cc1. The summed E-state index contributed by atoms with van der Waals surface area (Å²) in [7, 11) is 1.50. The van der Waals surface area contributed by atoms with Crippen LogP contribution in [0.2, 0.25) is 0 Å². The van der Waals surface area contributed by atoms with E-state index in [-0.39, 0.29) is 18.1 Å². The first-order chi connectivity index (χ1) is 18.9. The molecule has 0 saturated heterocycles. The topological polar surface area (TPSA) is 94.8 Å². The number of fused-ring (bicyclic) bond motifs is 1. The first-order valence-electron chi connectivity index (χ1n) is 12.2. The van der Waals surface area contributed by atoms with Gasteiger partial charge in [0.25, 0.3) is 11.5 Å². The Balaban J connectivity index is 1.66. The summed E-state index contributed by atoms with van der Waals surface area (Å²) in [6, 6.07) is 14.6. The Hall–Kier alpha value is -3.02. The van der Waals surface area contributed by atoms with Crippen molar-refractivity contribution < 1.29 is 14.3 Å². The molecule has 0 aliphatic carbocycles. The van der Waals surface area contributed by atoms with E-state index in [1.807, 2.05) is 64.1 Å². The fraction of sp³-hybridized carbons (Fsp3) is 0.241. The van der Waals surface area contributed by atoms with Gasteiger partial charge in [0.05, 0.1) is 28.7 Å². The summed E-state index contributed by atoms with van der Waals surface area (Å²) < 4.78 is 14.6. The smallest absolute Gasteiger partial charge is 0.282 e. The monoisotopic (exact) mass is 732 g/mol. The van der Waals surface area contributed by atoms with Crippen LogP contribution >= 0.6 is 47.8 Å². The lowest BCUT2D eigenvalue weighted by Crippen LogP contribution is -2.29. The number of benzene rings is 3. The van der Waals surface area contributed by atoms with Crippen molar-refractivity contribution in [2.24, 2.45) is 5.10 Å². The van der Waals surface area contributed by atoms with Crippen LogP contribution in [0.25, 0.3) is 10.9 Å². The van der Waals surface area contributed by atoms with Crippen molar-refractivity contribution in [2.45, 2.75) is 33.1 Å². The Morgan fingerprint density at radius 3 is 2.42 bits per heavy atom. The average molecular weight is 735 g/mol. The molecular weight excluding hydrogens is 708 g/mol. The number of amides is 1. The van der Waals surface area contributed by atoms with E-state index in [1.54, 1.807) is 18.3 Å². The number of nitrogens with one attached hydrogen (secondary N) is 1. The van der Waals surface area contributed by atoms with Crippen LogP contribution < -0.4 is 20.3 Å². The molecule has 11 heteroatoms. The highest BCUT2D eigenvalue weighted by Gasteiger charge is 2.23. The third-order valence-electron chi connectivity index (χ3n) is 5.85. The van der Waals surface area contributed by atoms with E-state index >= 15 is 0 Å². The molecule has 0 unspecified atom stereocenters. The Morgan fingerprint density at radius 1 is 1.07 bits per heavy atom. The molecule has 208 valence electrons. The van der Waals surface area contributed by atoms with Crippen molar-refractivity contribution in [3.8, 4) is 11.5 Å². The predicted molar refractivity (Wildman–Crippen MR) is 169 cm³/mol. The number of carbonyl (C=O) groups excluding carboxylic acids is 1. The fourth-order valence-electron chi connectivity index (χ4n) is 3.82. The molecule has 0 bridgehead atoms. The van der Waals surface area contributed by atoms with Crippen LogP contribution in [0.15, 0.2) is 71.8 Å². The van der Waals surface area contributed by atoms with Gasteiger partial charge in [0, 0.05) is 25.6 Å². The summed E-state index contributed by atoms with van der Waals surface area (Å²) in [5.41, 5.74) is 2.25. The molecule has 0 atom stereocenters. The number of halogens is 3. The second-order valence-corrected chi connectivity index (χ2v) is 12.5. The highest BCUT2D eigenvalue weighted by atomic mass is 79.9. The van der Waals surface area contributed by atoms with Crippen LogP contribution in [-0.4, -0.2) is 35.5 Å². The molecular formula is C29H27Br3N4O4. The molecule has 0 fully saturated rings. The van der Waals surface area contributed by atoms with Gasteiger partial charge in [0.15, 0.2) is 18.1 Å². The minimum atomic E-state index is -0.454. The number of rotatable bonds is 7. The molecule has 3 aromatic carbocycles. The Labute approximate surface area is 257 Å². The standard InChI is InChI=1S/C29H27Br3N4O4/c1-16-6-9-19(10-7-16)34-23(37)15-40-26-22(39-5)12-17(24(31)25(26)32)14-33-36-27(38)20-13-18(30)8-11-21(20)35-28(36)29(2,3)4/h6-14H,15H2,1-5H3,(H,34,37). The molecule has 4 rings (SSSR count). The number of aryl methyl sites for hydroxylation is 1. The Bertz CT molecular complexity index is 1680. The van der Waals surface area contributed by atoms with Gasteiger partial charge in [-0.1, -0.05) is 54.4 Å². The molecule has 0 aliphatic heterocycles. The van der Waals surface area contributed by atoms with Gasteiger partial charge in [-0.3, -0.25) is 9.59 Å². The minimum Gasteiger partial charge on any atom is -0.493 e. The molecule has 0 aliphatic rings. The lowest BCUT2D eigenvalue weighted by atomic mass is 9.95. The summed E-state index contributed by atoms with van der Waals surface area (Å²) in [5, 5.41) is 7.80. The molecule has 1 aromatic heterocycles. The quantitative estimate of drug-likeness (QED) is 0.203. The van der Waals surface area contributed by atoms with E-state index in [4.69, 9.17) is 14.5 Å². The lowest BCUT2D eigenvalue weighted by molar-refractivity contribution is -0.118. The van der Waals surface area contributed by atoms with Gasteiger partial charge in [-0.15, -0.1) is 0 Å². The van der Waals surface area contributed by atoms with Crippen LogP contribution in [0, 0.1) is 6.92 Å². The Morgan fingerprint density at radius 2 is 1.77 bits per heavy atom. The summed E-state index contributed by atoms with van der Waals surface area (Å²) in [4.78, 5) is 30.7. The van der Waals surface area contributed by atoms with Gasteiger partial charge in [-0.25, -0.2) is 4.98 Å². The number of hydrogen-bond acceptors (Lipinski definition) is 6. The van der Waals surface area contributed by atoms with Crippen molar-refractivity contribution in [2.75, 3.05) is 19.0 Å². The fourth-order valence-corrected chi connectivity index (χ4v) is 5.11. The first kappa shape index (κ1) is 30.0. The summed E-state index contributed by atoms with van der Waals surface area (Å²) >= 11 is 10.6. The largest absolute Gasteiger partial charge is 0.493 e. The number of hydrogen-bond donors (Lipinski definition) is 1. The van der Waals surface area contributed by atoms with Gasteiger partial charge in [0.1, 0.15) is 5.82 Å². The van der Waals surface area contributed by atoms with E-state index in [0.29, 0.717) is 48.4 Å². The maximum atomic E-state index is 13.5. The van der Waals surface area contributed by atoms with Gasteiger partial charge in [-0.05, 0) is 75.2 Å². The molecule has 4 aromatic rings. The van der Waals surface area contributed by atoms with Gasteiger partial charge in [-0.2, -0.15) is 9.78 Å². The van der Waals surface area contributed by atoms with Crippen LogP contribution in [0.5, 0.6) is 11.5 Å². The number of carbonyl (C=O) groups is 1. The van der Waals surface area contributed by atoms with Crippen LogP contribution in [-0.2, 0) is 10.2 Å². The summed E-state index contributed by atoms with van der Waals surface area (Å²) in [6.07, 6.45) is 1.55. The molecule has 1 amide bonds. The average Bonchev–Trinajstić information content (AvgIpc) is 2.90. The summed E-state index contributed by atoms with van der Waals surface area (Å²) in [5.74, 6) is 0.924. The van der Waals surface area contributed by atoms with E-state index in [2.05, 4.69) is 58.2 Å². The van der Waals surface area contributed by atoms with Crippen molar-refractivity contribution in [1.82, 2.24) is 9.66 Å². The molecule has 8 nitrogen and oxygen atoms in total. The molecule has 1 heterocycles. The van der Waals surface area contributed by atoms with Crippen LogP contribution in [0.4, 0.5) is 5.69 Å². The van der Waals surface area contributed by atoms with Crippen molar-refractivity contribution in [1.29, 1.82) is 0 Å². The second-order valence-electron chi connectivity index (χ2n) is 10.0. The molecule has 40 heavy (non-hydrogen) atoms. The van der Waals surface area contributed by atoms with E-state index in [0.717, 1.165) is 10.0 Å². The molecule has 0 radical (unpaired) electrons. The van der Waals surface area contributed by atoms with E-state index < -0.39 is 5.41 Å². The Kier molecular flexibility index (Phi) is 9.16. The van der Waals surface area contributed by atoms with Crippen LogP contribution in [0.1, 0.15) is 37.7 Å². The number of methoxy groups -OCH3 is 1. The normalized spacial score (nSPS) is 11.7. The first-order valence-corrected chi connectivity index (χ1v) is 14.6. The van der Waals surface area contributed by atoms with Crippen molar-refractivity contribution in [3.05, 3.63) is 89.3 Å². The zero-order valence-electron chi connectivity index (χ0n) is 22.5. The third kappa shape index (κ3) is 6.64. The lowest BCUT2D eigenvalue weighted by Gasteiger charge is -2.21. The van der Waals surface area contributed by atoms with Gasteiger partial charge < -0.3 is 14.8 Å².